The van der Waals surface area contributed by atoms with E-state index in [2.05, 4.69) is 10.2 Å². The average Bonchev–Trinajstić information content (AvgIpc) is 2.81. The van der Waals surface area contributed by atoms with Crippen LogP contribution in [0.4, 0.5) is 11.4 Å². The van der Waals surface area contributed by atoms with Crippen LogP contribution in [0.3, 0.4) is 0 Å². The number of benzene rings is 2. The highest BCUT2D eigenvalue weighted by molar-refractivity contribution is 7.92. The molecule has 184 valence electrons. The second-order valence-electron chi connectivity index (χ2n) is 8.18. The predicted octanol–water partition coefficient (Wildman–Crippen LogP) is 2.29. The average molecular weight is 491 g/mol. The summed E-state index contributed by atoms with van der Waals surface area (Å²) in [5, 5.41) is 13.9. The highest BCUT2D eigenvalue weighted by Crippen LogP contribution is 2.26. The number of nitro benzene ring substituents is 1. The second-order valence-corrected chi connectivity index (χ2v) is 10.0. The highest BCUT2D eigenvalue weighted by atomic mass is 32.2. The number of sulfonamides is 1. The summed E-state index contributed by atoms with van der Waals surface area (Å²) >= 11 is 0. The van der Waals surface area contributed by atoms with Gasteiger partial charge in [-0.1, -0.05) is 37.3 Å². The molecule has 0 unspecified atom stereocenters. The van der Waals surface area contributed by atoms with E-state index in [0.29, 0.717) is 0 Å². The fourth-order valence-corrected chi connectivity index (χ4v) is 5.09. The van der Waals surface area contributed by atoms with Crippen molar-refractivity contribution in [3.05, 3.63) is 69.8 Å². The number of morpholine rings is 1. The first-order chi connectivity index (χ1) is 16.2. The molecule has 1 heterocycles. The van der Waals surface area contributed by atoms with E-state index in [0.717, 1.165) is 60.6 Å². The van der Waals surface area contributed by atoms with Crippen molar-refractivity contribution in [2.75, 3.05) is 36.9 Å². The maximum atomic E-state index is 13.0. The van der Waals surface area contributed by atoms with Gasteiger partial charge in [-0.25, -0.2) is 8.42 Å². The normalized spacial score (nSPS) is 15.5. The first kappa shape index (κ1) is 25.6. The lowest BCUT2D eigenvalue weighted by molar-refractivity contribution is -0.384. The monoisotopic (exact) mass is 490 g/mol. The minimum Gasteiger partial charge on any atom is -0.379 e. The fourth-order valence-electron chi connectivity index (χ4n) is 3.89. The first-order valence-electron chi connectivity index (χ1n) is 11.1. The number of carbonyl (C=O) groups excluding carboxylic acids is 1. The van der Waals surface area contributed by atoms with Crippen molar-refractivity contribution >= 4 is 27.3 Å². The van der Waals surface area contributed by atoms with Gasteiger partial charge in [0.25, 0.3) is 5.69 Å². The van der Waals surface area contributed by atoms with Crippen LogP contribution in [0.5, 0.6) is 0 Å². The second kappa shape index (κ2) is 11.4. The van der Waals surface area contributed by atoms with E-state index in [4.69, 9.17) is 4.74 Å². The number of non-ortho nitro benzene ring substituents is 1. The Kier molecular flexibility index (Phi) is 8.59. The Morgan fingerprint density at radius 1 is 1.18 bits per heavy atom. The number of anilines is 1. The van der Waals surface area contributed by atoms with Crippen molar-refractivity contribution in [1.82, 2.24) is 10.2 Å². The molecular formula is C23H30N4O6S. The molecular weight excluding hydrogens is 460 g/mol. The van der Waals surface area contributed by atoms with E-state index in [1.54, 1.807) is 6.92 Å². The standard InChI is InChI=1S/C23H30N4O6S/c1-3-22(26(34(2,31)32)20-5-4-6-21(15-20)27(29)30)23(28)24-16-18-7-9-19(10-8-18)17-25-11-13-33-14-12-25/h4-10,15,22H,3,11-14,16-17H2,1-2H3,(H,24,28)/t22-/m0/s1. The molecule has 10 nitrogen and oxygen atoms in total. The maximum absolute atomic E-state index is 13.0. The lowest BCUT2D eigenvalue weighted by Gasteiger charge is -2.30. The van der Waals surface area contributed by atoms with Crippen LogP contribution in [0.15, 0.2) is 48.5 Å². The van der Waals surface area contributed by atoms with Gasteiger partial charge in [0, 0.05) is 38.3 Å². The first-order valence-corrected chi connectivity index (χ1v) is 12.9. The van der Waals surface area contributed by atoms with E-state index in [-0.39, 0.29) is 24.3 Å². The Labute approximate surface area is 199 Å². The van der Waals surface area contributed by atoms with Crippen LogP contribution in [-0.2, 0) is 32.6 Å². The van der Waals surface area contributed by atoms with Crippen molar-refractivity contribution < 1.29 is 22.9 Å². The zero-order chi connectivity index (χ0) is 24.7. The van der Waals surface area contributed by atoms with Gasteiger partial charge in [-0.15, -0.1) is 0 Å². The molecule has 1 amide bonds. The minimum atomic E-state index is -3.88. The van der Waals surface area contributed by atoms with Crippen LogP contribution in [-0.4, -0.2) is 62.7 Å². The molecule has 1 saturated heterocycles. The minimum absolute atomic E-state index is 0.0752. The third-order valence-electron chi connectivity index (χ3n) is 5.62. The quantitative estimate of drug-likeness (QED) is 0.400. The van der Waals surface area contributed by atoms with Crippen molar-refractivity contribution in [2.45, 2.75) is 32.5 Å². The van der Waals surface area contributed by atoms with Crippen LogP contribution >= 0.6 is 0 Å². The van der Waals surface area contributed by atoms with E-state index in [1.807, 2.05) is 24.3 Å². The van der Waals surface area contributed by atoms with Gasteiger partial charge < -0.3 is 10.1 Å². The number of nitrogens with one attached hydrogen (secondary N) is 1. The van der Waals surface area contributed by atoms with Gasteiger partial charge in [0.2, 0.25) is 15.9 Å². The summed E-state index contributed by atoms with van der Waals surface area (Å²) in [5.74, 6) is -0.475. The lowest BCUT2D eigenvalue weighted by Crippen LogP contribution is -2.49. The summed E-state index contributed by atoms with van der Waals surface area (Å²) in [6.07, 6.45) is 1.18. The number of hydrogen-bond donors (Lipinski definition) is 1. The number of nitro groups is 1. The van der Waals surface area contributed by atoms with Crippen molar-refractivity contribution in [3.8, 4) is 0 Å². The third kappa shape index (κ3) is 6.75. The molecule has 1 N–H and O–H groups in total. The number of carbonyl (C=O) groups is 1. The number of nitrogens with zero attached hydrogens (tertiary/aromatic N) is 3. The molecule has 0 bridgehead atoms. The van der Waals surface area contributed by atoms with Crippen LogP contribution in [0.2, 0.25) is 0 Å². The molecule has 0 aliphatic carbocycles. The molecule has 11 heteroatoms. The molecule has 2 aromatic carbocycles. The summed E-state index contributed by atoms with van der Waals surface area (Å²) in [6.45, 7) is 6.04. The Balaban J connectivity index is 1.68. The Morgan fingerprint density at radius 2 is 1.82 bits per heavy atom. The van der Waals surface area contributed by atoms with E-state index >= 15 is 0 Å². The molecule has 0 saturated carbocycles. The summed E-state index contributed by atoms with van der Waals surface area (Å²) in [7, 11) is -3.88. The molecule has 1 aliphatic heterocycles. The van der Waals surface area contributed by atoms with Gasteiger partial charge in [0.05, 0.1) is 30.1 Å². The molecule has 1 fully saturated rings. The van der Waals surface area contributed by atoms with Crippen molar-refractivity contribution in [2.24, 2.45) is 0 Å². The van der Waals surface area contributed by atoms with Crippen molar-refractivity contribution in [1.29, 1.82) is 0 Å². The fraction of sp³-hybridized carbons (Fsp3) is 0.435. The molecule has 0 radical (unpaired) electrons. The largest absolute Gasteiger partial charge is 0.379 e. The summed E-state index contributed by atoms with van der Waals surface area (Å²) in [5.41, 5.74) is 1.87. The van der Waals surface area contributed by atoms with Gasteiger partial charge in [-0.05, 0) is 23.6 Å². The molecule has 0 spiro atoms. The summed E-state index contributed by atoms with van der Waals surface area (Å²) < 4.78 is 31.4. The maximum Gasteiger partial charge on any atom is 0.271 e. The number of ether oxygens (including phenoxy) is 1. The third-order valence-corrected chi connectivity index (χ3v) is 6.80. The molecule has 0 aromatic heterocycles. The van der Waals surface area contributed by atoms with Crippen LogP contribution in [0, 0.1) is 10.1 Å². The lowest BCUT2D eigenvalue weighted by atomic mass is 10.1. The summed E-state index contributed by atoms with van der Waals surface area (Å²) in [6, 6.07) is 12.1. The van der Waals surface area contributed by atoms with Gasteiger partial charge in [-0.3, -0.25) is 24.1 Å². The van der Waals surface area contributed by atoms with Crippen LogP contribution < -0.4 is 9.62 Å². The topological polar surface area (TPSA) is 122 Å². The smallest absolute Gasteiger partial charge is 0.271 e. The zero-order valence-electron chi connectivity index (χ0n) is 19.3. The molecule has 1 atom stereocenters. The van der Waals surface area contributed by atoms with E-state index in [1.165, 1.54) is 18.2 Å². The highest BCUT2D eigenvalue weighted by Gasteiger charge is 2.32. The molecule has 34 heavy (non-hydrogen) atoms. The van der Waals surface area contributed by atoms with E-state index < -0.39 is 26.9 Å². The number of amides is 1. The molecule has 2 aromatic rings. The number of hydrogen-bond acceptors (Lipinski definition) is 7. The summed E-state index contributed by atoms with van der Waals surface area (Å²) in [4.78, 5) is 25.8. The number of rotatable bonds is 10. The van der Waals surface area contributed by atoms with Gasteiger partial charge in [-0.2, -0.15) is 0 Å². The zero-order valence-corrected chi connectivity index (χ0v) is 20.2. The SMILES string of the molecule is CC[C@@H](C(=O)NCc1ccc(CN2CCOCC2)cc1)N(c1cccc([N+](=O)[O-])c1)S(C)(=O)=O. The Bertz CT molecular complexity index is 1100. The predicted molar refractivity (Wildman–Crippen MR) is 129 cm³/mol. The Morgan fingerprint density at radius 3 is 2.41 bits per heavy atom. The van der Waals surface area contributed by atoms with Crippen molar-refractivity contribution in [3.63, 3.8) is 0 Å². The Hall–Kier alpha value is -3.02. The van der Waals surface area contributed by atoms with Gasteiger partial charge in [0.15, 0.2) is 0 Å². The molecule has 3 rings (SSSR count). The molecule has 1 aliphatic rings. The van der Waals surface area contributed by atoms with Gasteiger partial charge in [0.1, 0.15) is 6.04 Å². The van der Waals surface area contributed by atoms with Crippen LogP contribution in [0.25, 0.3) is 0 Å². The van der Waals surface area contributed by atoms with E-state index in [9.17, 15) is 23.3 Å². The van der Waals surface area contributed by atoms with Crippen LogP contribution in [0.1, 0.15) is 24.5 Å². The van der Waals surface area contributed by atoms with Gasteiger partial charge >= 0.3 is 0 Å².